The van der Waals surface area contributed by atoms with Crippen LogP contribution < -0.4 is 5.32 Å². The Bertz CT molecular complexity index is 566. The molecule has 2 atom stereocenters. The largest absolute Gasteiger partial charge is 0.317 e. The molecule has 1 aromatic rings. The van der Waals surface area contributed by atoms with Crippen LogP contribution in [0.3, 0.4) is 0 Å². The van der Waals surface area contributed by atoms with Crippen molar-refractivity contribution < 1.29 is 8.42 Å². The summed E-state index contributed by atoms with van der Waals surface area (Å²) in [6.45, 7) is 3.96. The Morgan fingerprint density at radius 1 is 1.20 bits per heavy atom. The summed E-state index contributed by atoms with van der Waals surface area (Å²) < 4.78 is 24.9. The summed E-state index contributed by atoms with van der Waals surface area (Å²) in [6, 6.07) is 5.93. The van der Waals surface area contributed by atoms with Crippen LogP contribution in [0.5, 0.6) is 0 Å². The fraction of sp³-hybridized carbons (Fsp3) is 0.625. The predicted molar refractivity (Wildman–Crippen MR) is 82.8 cm³/mol. The van der Waals surface area contributed by atoms with E-state index in [4.69, 9.17) is 0 Å². The van der Waals surface area contributed by atoms with E-state index in [1.165, 1.54) is 12.8 Å². The van der Waals surface area contributed by atoms with Gasteiger partial charge in [0, 0.05) is 6.04 Å². The molecule has 0 amide bonds. The first-order valence-corrected chi connectivity index (χ1v) is 9.06. The van der Waals surface area contributed by atoms with E-state index in [1.54, 1.807) is 12.1 Å². The van der Waals surface area contributed by atoms with Gasteiger partial charge in [-0.3, -0.25) is 0 Å². The van der Waals surface area contributed by atoms with Crippen molar-refractivity contribution in [2.45, 2.75) is 50.5 Å². The first-order valence-electron chi connectivity index (χ1n) is 7.41. The minimum atomic E-state index is -3.15. The number of hydrogen-bond acceptors (Lipinski definition) is 3. The molecule has 1 fully saturated rings. The topological polar surface area (TPSA) is 46.2 Å². The third-order valence-electron chi connectivity index (χ3n) is 4.62. The molecule has 2 rings (SSSR count). The zero-order valence-corrected chi connectivity index (χ0v) is 13.5. The number of nitrogens with one attached hydrogen (secondary N) is 1. The maximum absolute atomic E-state index is 12.4. The average molecular weight is 295 g/mol. The van der Waals surface area contributed by atoms with E-state index in [1.807, 2.05) is 27.0 Å². The number of sulfone groups is 1. The summed E-state index contributed by atoms with van der Waals surface area (Å²) in [5, 5.41) is 3.31. The second-order valence-corrected chi connectivity index (χ2v) is 8.05. The molecule has 0 bridgehead atoms. The Balaban J connectivity index is 2.05. The van der Waals surface area contributed by atoms with Crippen LogP contribution in [0, 0.1) is 19.8 Å². The molecule has 0 saturated heterocycles. The van der Waals surface area contributed by atoms with Gasteiger partial charge in [0.2, 0.25) is 0 Å². The highest BCUT2D eigenvalue weighted by atomic mass is 32.2. The minimum absolute atomic E-state index is 0.262. The minimum Gasteiger partial charge on any atom is -0.317 e. The summed E-state index contributed by atoms with van der Waals surface area (Å²) in [6.07, 6.45) is 4.29. The van der Waals surface area contributed by atoms with Crippen molar-refractivity contribution in [2.75, 3.05) is 12.8 Å². The molecule has 20 heavy (non-hydrogen) atoms. The van der Waals surface area contributed by atoms with Crippen LogP contribution in [0.4, 0.5) is 0 Å². The average Bonchev–Trinajstić information content (AvgIpc) is 2.87. The Kier molecular flexibility index (Phi) is 4.86. The molecule has 0 spiro atoms. The van der Waals surface area contributed by atoms with Gasteiger partial charge in [-0.2, -0.15) is 0 Å². The maximum Gasteiger partial charge on any atom is 0.178 e. The normalized spacial score (nSPS) is 23.1. The van der Waals surface area contributed by atoms with E-state index in [9.17, 15) is 8.42 Å². The van der Waals surface area contributed by atoms with Gasteiger partial charge in [-0.25, -0.2) is 8.42 Å². The second kappa shape index (κ2) is 6.27. The van der Waals surface area contributed by atoms with Gasteiger partial charge >= 0.3 is 0 Å². The second-order valence-electron chi connectivity index (χ2n) is 5.94. The zero-order valence-electron chi connectivity index (χ0n) is 12.6. The fourth-order valence-electron chi connectivity index (χ4n) is 3.09. The monoisotopic (exact) mass is 295 g/mol. The lowest BCUT2D eigenvalue weighted by Gasteiger charge is -2.18. The summed E-state index contributed by atoms with van der Waals surface area (Å²) in [7, 11) is -1.17. The third-order valence-corrected chi connectivity index (χ3v) is 6.37. The first-order chi connectivity index (χ1) is 9.44. The Morgan fingerprint density at radius 2 is 1.95 bits per heavy atom. The Labute approximate surface area is 122 Å². The van der Waals surface area contributed by atoms with Crippen molar-refractivity contribution in [3.05, 3.63) is 29.3 Å². The highest BCUT2D eigenvalue weighted by molar-refractivity contribution is 7.91. The van der Waals surface area contributed by atoms with Gasteiger partial charge in [0.15, 0.2) is 9.84 Å². The van der Waals surface area contributed by atoms with Crippen LogP contribution in [0.2, 0.25) is 0 Å². The molecule has 1 N–H and O–H groups in total. The lowest BCUT2D eigenvalue weighted by molar-refractivity contribution is 0.414. The fourth-order valence-corrected chi connectivity index (χ4v) is 4.57. The highest BCUT2D eigenvalue weighted by Gasteiger charge is 2.27. The lowest BCUT2D eigenvalue weighted by Crippen LogP contribution is -2.30. The smallest absolute Gasteiger partial charge is 0.178 e. The molecule has 2 unspecified atom stereocenters. The molecule has 1 aliphatic rings. The van der Waals surface area contributed by atoms with Gasteiger partial charge in [-0.05, 0) is 69.3 Å². The lowest BCUT2D eigenvalue weighted by atomic mass is 10.0. The number of aryl methyl sites for hydroxylation is 2. The van der Waals surface area contributed by atoms with E-state index in [2.05, 4.69) is 5.32 Å². The summed E-state index contributed by atoms with van der Waals surface area (Å²) >= 11 is 0. The molecule has 0 aliphatic heterocycles. The molecular formula is C16H25NO2S. The highest BCUT2D eigenvalue weighted by Crippen LogP contribution is 2.29. The van der Waals surface area contributed by atoms with Crippen LogP contribution in [0.15, 0.2) is 23.1 Å². The van der Waals surface area contributed by atoms with Gasteiger partial charge in [-0.15, -0.1) is 0 Å². The number of rotatable bonds is 5. The van der Waals surface area contributed by atoms with Gasteiger partial charge in [-0.1, -0.05) is 12.5 Å². The number of benzene rings is 1. The van der Waals surface area contributed by atoms with E-state index in [-0.39, 0.29) is 5.75 Å². The summed E-state index contributed by atoms with van der Waals surface area (Å²) in [4.78, 5) is 0.472. The van der Waals surface area contributed by atoms with Crippen LogP contribution in [0.25, 0.3) is 0 Å². The molecule has 1 aromatic carbocycles. The molecule has 0 heterocycles. The van der Waals surface area contributed by atoms with Crippen molar-refractivity contribution in [2.24, 2.45) is 5.92 Å². The first kappa shape index (κ1) is 15.5. The molecule has 0 radical (unpaired) electrons. The molecule has 0 aromatic heterocycles. The summed E-state index contributed by atoms with van der Waals surface area (Å²) in [5.41, 5.74) is 2.18. The van der Waals surface area contributed by atoms with Crippen molar-refractivity contribution in [1.29, 1.82) is 0 Å². The van der Waals surface area contributed by atoms with Crippen LogP contribution in [-0.4, -0.2) is 27.3 Å². The van der Waals surface area contributed by atoms with Crippen molar-refractivity contribution >= 4 is 9.84 Å². The molecular weight excluding hydrogens is 270 g/mol. The maximum atomic E-state index is 12.4. The quantitative estimate of drug-likeness (QED) is 0.908. The van der Waals surface area contributed by atoms with E-state index >= 15 is 0 Å². The van der Waals surface area contributed by atoms with Crippen LogP contribution in [0.1, 0.15) is 36.8 Å². The van der Waals surface area contributed by atoms with Gasteiger partial charge in [0.25, 0.3) is 0 Å². The van der Waals surface area contributed by atoms with Gasteiger partial charge in [0.1, 0.15) is 0 Å². The van der Waals surface area contributed by atoms with Crippen LogP contribution in [-0.2, 0) is 9.84 Å². The zero-order chi connectivity index (χ0) is 14.8. The van der Waals surface area contributed by atoms with Gasteiger partial charge in [0.05, 0.1) is 10.6 Å². The Hall–Kier alpha value is -0.870. The molecule has 4 heteroatoms. The standard InChI is InChI=1S/C16H25NO2S/c1-12-7-8-15(11-13(12)2)20(18,19)10-9-14-5-4-6-16(14)17-3/h7-8,11,14,16-17H,4-6,9-10H2,1-3H3. The van der Waals surface area contributed by atoms with Crippen LogP contribution >= 0.6 is 0 Å². The SMILES string of the molecule is CNC1CCCC1CCS(=O)(=O)c1ccc(C)c(C)c1. The molecule has 112 valence electrons. The Morgan fingerprint density at radius 3 is 2.60 bits per heavy atom. The van der Waals surface area contributed by atoms with Crippen molar-refractivity contribution in [3.8, 4) is 0 Å². The molecule has 1 aliphatic carbocycles. The van der Waals surface area contributed by atoms with E-state index < -0.39 is 9.84 Å². The van der Waals surface area contributed by atoms with E-state index in [0.717, 1.165) is 24.0 Å². The molecule has 1 saturated carbocycles. The van der Waals surface area contributed by atoms with E-state index in [0.29, 0.717) is 16.9 Å². The number of hydrogen-bond donors (Lipinski definition) is 1. The van der Waals surface area contributed by atoms with Crippen molar-refractivity contribution in [1.82, 2.24) is 5.32 Å². The van der Waals surface area contributed by atoms with Gasteiger partial charge < -0.3 is 5.32 Å². The molecule has 3 nitrogen and oxygen atoms in total. The van der Waals surface area contributed by atoms with Crippen molar-refractivity contribution in [3.63, 3.8) is 0 Å². The summed E-state index contributed by atoms with van der Waals surface area (Å²) in [5.74, 6) is 0.763. The predicted octanol–water partition coefficient (Wildman–Crippen LogP) is 2.86. The third kappa shape index (κ3) is 3.41.